The maximum Gasteiger partial charge on any atom is 0.322 e. The molecule has 3 rings (SSSR count). The molecular weight excluding hydrogens is 358 g/mol. The summed E-state index contributed by atoms with van der Waals surface area (Å²) in [4.78, 5) is 12.4. The number of ether oxygens (including phenoxy) is 1. The molecule has 0 unspecified atom stereocenters. The van der Waals surface area contributed by atoms with Gasteiger partial charge in [-0.25, -0.2) is 8.42 Å². The lowest BCUT2D eigenvalue weighted by atomic mass is 10.2. The molecular formula is C17H15N3O5S. The zero-order valence-corrected chi connectivity index (χ0v) is 14.8. The molecule has 1 N–H and O–H groups in total. The Morgan fingerprint density at radius 1 is 1.12 bits per heavy atom. The van der Waals surface area contributed by atoms with E-state index in [1.54, 1.807) is 24.3 Å². The fraction of sp³-hybridized carbons (Fsp3) is 0.118. The molecule has 2 aromatic carbocycles. The third-order valence-corrected chi connectivity index (χ3v) is 4.62. The molecule has 1 heterocycles. The van der Waals surface area contributed by atoms with Gasteiger partial charge in [-0.05, 0) is 30.3 Å². The first-order valence-corrected chi connectivity index (χ1v) is 9.36. The summed E-state index contributed by atoms with van der Waals surface area (Å²) in [6.07, 6.45) is 1.07. The summed E-state index contributed by atoms with van der Waals surface area (Å²) in [6.45, 7) is 0. The van der Waals surface area contributed by atoms with Crippen LogP contribution in [0.4, 0.5) is 6.01 Å². The fourth-order valence-corrected chi connectivity index (χ4v) is 2.91. The minimum Gasteiger partial charge on any atom is -0.496 e. The highest BCUT2D eigenvalue weighted by molar-refractivity contribution is 7.90. The van der Waals surface area contributed by atoms with Gasteiger partial charge < -0.3 is 9.15 Å². The number of para-hydroxylation sites is 1. The molecule has 1 amide bonds. The van der Waals surface area contributed by atoms with E-state index in [4.69, 9.17) is 9.15 Å². The van der Waals surface area contributed by atoms with Gasteiger partial charge in [0.05, 0.1) is 17.6 Å². The van der Waals surface area contributed by atoms with Crippen LogP contribution in [0.15, 0.2) is 57.8 Å². The second kappa shape index (κ2) is 6.96. The number of amides is 1. The number of carbonyl (C=O) groups excluding carboxylic acids is 1. The van der Waals surface area contributed by atoms with Crippen molar-refractivity contribution in [3.05, 3.63) is 54.1 Å². The Labute approximate surface area is 149 Å². The molecule has 1 aromatic heterocycles. The van der Waals surface area contributed by atoms with Gasteiger partial charge in [0.15, 0.2) is 9.84 Å². The van der Waals surface area contributed by atoms with Crippen molar-refractivity contribution in [2.75, 3.05) is 18.7 Å². The number of anilines is 1. The standard InChI is InChI=1S/C17H15N3O5S/c1-24-14-9-4-3-8-13(14)16-19-20-17(25-16)18-15(21)11-6-5-7-12(10-11)26(2,22)23/h3-10H,1-2H3,(H,18,20,21). The lowest BCUT2D eigenvalue weighted by Crippen LogP contribution is -2.13. The van der Waals surface area contributed by atoms with Gasteiger partial charge in [0, 0.05) is 11.8 Å². The average Bonchev–Trinajstić information content (AvgIpc) is 3.09. The molecule has 0 radical (unpaired) electrons. The van der Waals surface area contributed by atoms with Gasteiger partial charge in [-0.2, -0.15) is 0 Å². The van der Waals surface area contributed by atoms with Crippen LogP contribution in [-0.2, 0) is 9.84 Å². The summed E-state index contributed by atoms with van der Waals surface area (Å²) in [5.74, 6) is 0.170. The van der Waals surface area contributed by atoms with E-state index in [0.717, 1.165) is 6.26 Å². The molecule has 0 aliphatic carbocycles. The van der Waals surface area contributed by atoms with Crippen molar-refractivity contribution in [1.29, 1.82) is 0 Å². The molecule has 3 aromatic rings. The number of carbonyl (C=O) groups is 1. The molecule has 0 saturated heterocycles. The summed E-state index contributed by atoms with van der Waals surface area (Å²) in [5.41, 5.74) is 0.743. The molecule has 0 aliphatic heterocycles. The van der Waals surface area contributed by atoms with E-state index in [-0.39, 0.29) is 22.4 Å². The molecule has 0 fully saturated rings. The minimum atomic E-state index is -3.42. The number of sulfone groups is 1. The molecule has 0 bridgehead atoms. The summed E-state index contributed by atoms with van der Waals surface area (Å²) in [7, 11) is -1.90. The Bertz CT molecular complexity index is 1060. The van der Waals surface area contributed by atoms with Crippen molar-refractivity contribution in [2.45, 2.75) is 4.90 Å². The van der Waals surface area contributed by atoms with E-state index >= 15 is 0 Å². The molecule has 0 aliphatic rings. The topological polar surface area (TPSA) is 111 Å². The molecule has 9 heteroatoms. The Morgan fingerprint density at radius 2 is 1.88 bits per heavy atom. The van der Waals surface area contributed by atoms with Crippen molar-refractivity contribution < 1.29 is 22.4 Å². The number of benzene rings is 2. The van der Waals surface area contributed by atoms with Crippen LogP contribution in [0.2, 0.25) is 0 Å². The summed E-state index contributed by atoms with van der Waals surface area (Å²) in [6, 6.07) is 12.6. The highest BCUT2D eigenvalue weighted by Crippen LogP contribution is 2.29. The van der Waals surface area contributed by atoms with Gasteiger partial charge in [-0.15, -0.1) is 5.10 Å². The first-order chi connectivity index (χ1) is 12.4. The highest BCUT2D eigenvalue weighted by atomic mass is 32.2. The number of nitrogens with zero attached hydrogens (tertiary/aromatic N) is 2. The van der Waals surface area contributed by atoms with E-state index in [1.807, 2.05) is 0 Å². The lowest BCUT2D eigenvalue weighted by molar-refractivity contribution is 0.102. The number of hydrogen-bond acceptors (Lipinski definition) is 7. The Kier molecular flexibility index (Phi) is 4.72. The average molecular weight is 373 g/mol. The lowest BCUT2D eigenvalue weighted by Gasteiger charge is -2.04. The second-order valence-electron chi connectivity index (χ2n) is 5.37. The largest absolute Gasteiger partial charge is 0.496 e. The van der Waals surface area contributed by atoms with Crippen LogP contribution in [0.5, 0.6) is 5.75 Å². The Balaban J connectivity index is 1.82. The maximum atomic E-state index is 12.3. The van der Waals surface area contributed by atoms with Gasteiger partial charge in [0.2, 0.25) is 0 Å². The van der Waals surface area contributed by atoms with Crippen LogP contribution in [0, 0.1) is 0 Å². The van der Waals surface area contributed by atoms with E-state index < -0.39 is 15.7 Å². The van der Waals surface area contributed by atoms with Crippen LogP contribution < -0.4 is 10.1 Å². The first-order valence-electron chi connectivity index (χ1n) is 7.47. The van der Waals surface area contributed by atoms with E-state index in [0.29, 0.717) is 11.3 Å². The summed E-state index contributed by atoms with van der Waals surface area (Å²) >= 11 is 0. The zero-order chi connectivity index (χ0) is 18.7. The van der Waals surface area contributed by atoms with Gasteiger partial charge in [0.25, 0.3) is 11.8 Å². The van der Waals surface area contributed by atoms with Gasteiger partial charge in [0.1, 0.15) is 5.75 Å². The van der Waals surface area contributed by atoms with Crippen LogP contribution in [0.3, 0.4) is 0 Å². The number of methoxy groups -OCH3 is 1. The molecule has 0 saturated carbocycles. The Morgan fingerprint density at radius 3 is 2.62 bits per heavy atom. The molecule has 8 nitrogen and oxygen atoms in total. The van der Waals surface area contributed by atoms with E-state index in [1.165, 1.54) is 31.4 Å². The highest BCUT2D eigenvalue weighted by Gasteiger charge is 2.16. The monoisotopic (exact) mass is 373 g/mol. The number of aromatic nitrogens is 2. The van der Waals surface area contributed by atoms with Crippen LogP contribution in [0.25, 0.3) is 11.5 Å². The third kappa shape index (κ3) is 3.72. The summed E-state index contributed by atoms with van der Waals surface area (Å²) < 4.78 is 33.9. The normalized spacial score (nSPS) is 11.2. The second-order valence-corrected chi connectivity index (χ2v) is 7.38. The third-order valence-electron chi connectivity index (χ3n) is 3.51. The predicted octanol–water partition coefficient (Wildman–Crippen LogP) is 2.40. The Hall–Kier alpha value is -3.20. The van der Waals surface area contributed by atoms with Gasteiger partial charge >= 0.3 is 6.01 Å². The quantitative estimate of drug-likeness (QED) is 0.731. The molecule has 0 spiro atoms. The molecule has 26 heavy (non-hydrogen) atoms. The van der Waals surface area contributed by atoms with Crippen LogP contribution >= 0.6 is 0 Å². The predicted molar refractivity (Wildman–Crippen MR) is 93.8 cm³/mol. The van der Waals surface area contributed by atoms with Crippen molar-refractivity contribution in [3.8, 4) is 17.2 Å². The molecule has 0 atom stereocenters. The van der Waals surface area contributed by atoms with Gasteiger partial charge in [-0.3, -0.25) is 10.1 Å². The number of hydrogen-bond donors (Lipinski definition) is 1. The maximum absolute atomic E-state index is 12.3. The fourth-order valence-electron chi connectivity index (χ4n) is 2.24. The number of rotatable bonds is 5. The summed E-state index contributed by atoms with van der Waals surface area (Å²) in [5, 5.41) is 10.1. The molecule has 134 valence electrons. The van der Waals surface area contributed by atoms with Crippen molar-refractivity contribution in [1.82, 2.24) is 10.2 Å². The minimum absolute atomic E-state index is 0.0467. The van der Waals surface area contributed by atoms with E-state index in [9.17, 15) is 13.2 Å². The smallest absolute Gasteiger partial charge is 0.322 e. The van der Waals surface area contributed by atoms with Crippen LogP contribution in [-0.4, -0.2) is 37.9 Å². The van der Waals surface area contributed by atoms with Crippen molar-refractivity contribution >= 4 is 21.8 Å². The van der Waals surface area contributed by atoms with Crippen LogP contribution in [0.1, 0.15) is 10.4 Å². The zero-order valence-electron chi connectivity index (χ0n) is 14.0. The first kappa shape index (κ1) is 17.6. The van der Waals surface area contributed by atoms with Crippen molar-refractivity contribution in [3.63, 3.8) is 0 Å². The SMILES string of the molecule is COc1ccccc1-c1nnc(NC(=O)c2cccc(S(C)(=O)=O)c2)o1. The number of nitrogens with one attached hydrogen (secondary N) is 1. The van der Waals surface area contributed by atoms with Gasteiger partial charge in [-0.1, -0.05) is 23.3 Å². The van der Waals surface area contributed by atoms with Crippen molar-refractivity contribution in [2.24, 2.45) is 0 Å². The van der Waals surface area contributed by atoms with E-state index in [2.05, 4.69) is 15.5 Å².